The number of benzene rings is 3. The topological polar surface area (TPSA) is 39.6 Å². The second-order valence-electron chi connectivity index (χ2n) is 4.74. The molecule has 0 saturated heterocycles. The lowest BCUT2D eigenvalue weighted by atomic mass is 10.1. The van der Waals surface area contributed by atoms with Gasteiger partial charge in [-0.2, -0.15) is 5.26 Å². The normalized spacial score (nSPS) is 10.6. The van der Waals surface area contributed by atoms with Gasteiger partial charge in [-0.15, -0.1) is 12.4 Å². The third-order valence-corrected chi connectivity index (χ3v) is 3.59. The van der Waals surface area contributed by atoms with Crippen molar-refractivity contribution in [2.24, 2.45) is 0 Å². The van der Waals surface area contributed by atoms with E-state index in [1.54, 1.807) is 0 Å². The minimum Gasteiger partial charge on any atom is -0.354 e. The number of fused-ring (bicyclic) bond motifs is 4. The first-order valence-electron chi connectivity index (χ1n) is 6.19. The molecule has 4 aromatic rings. The van der Waals surface area contributed by atoms with Crippen molar-refractivity contribution >= 4 is 45.0 Å². The molecule has 1 N–H and O–H groups in total. The van der Waals surface area contributed by atoms with Gasteiger partial charge in [-0.05, 0) is 35.0 Å². The van der Waals surface area contributed by atoms with Crippen molar-refractivity contribution in [3.05, 3.63) is 60.2 Å². The Morgan fingerprint density at radius 2 is 1.50 bits per heavy atom. The van der Waals surface area contributed by atoms with E-state index < -0.39 is 0 Å². The van der Waals surface area contributed by atoms with E-state index in [1.807, 2.05) is 24.3 Å². The molecule has 2 nitrogen and oxygen atoms in total. The first kappa shape index (κ1) is 12.5. The quantitative estimate of drug-likeness (QED) is 0.494. The molecule has 3 heteroatoms. The number of nitriles is 1. The Balaban J connectivity index is 0.00000121. The average Bonchev–Trinajstić information content (AvgIpc) is 2.81. The van der Waals surface area contributed by atoms with Gasteiger partial charge in [0, 0.05) is 21.8 Å². The van der Waals surface area contributed by atoms with Crippen LogP contribution in [-0.4, -0.2) is 4.98 Å². The molecule has 0 radical (unpaired) electrons. The van der Waals surface area contributed by atoms with Crippen LogP contribution in [0.25, 0.3) is 32.6 Å². The molecule has 1 aromatic heterocycles. The number of halogens is 1. The minimum atomic E-state index is 0. The van der Waals surface area contributed by atoms with Gasteiger partial charge in [0.15, 0.2) is 0 Å². The fourth-order valence-electron chi connectivity index (χ4n) is 2.66. The van der Waals surface area contributed by atoms with Crippen molar-refractivity contribution in [2.45, 2.75) is 0 Å². The monoisotopic (exact) mass is 278 g/mol. The summed E-state index contributed by atoms with van der Waals surface area (Å²) in [5, 5.41) is 13.8. The lowest BCUT2D eigenvalue weighted by molar-refractivity contribution is 1.48. The molecule has 0 spiro atoms. The van der Waals surface area contributed by atoms with Crippen molar-refractivity contribution in [1.82, 2.24) is 4.98 Å². The van der Waals surface area contributed by atoms with E-state index in [1.165, 1.54) is 21.5 Å². The highest BCUT2D eigenvalue weighted by atomic mass is 35.5. The molecule has 0 saturated carbocycles. The van der Waals surface area contributed by atoms with Crippen molar-refractivity contribution in [2.75, 3.05) is 0 Å². The molecule has 0 aliphatic carbocycles. The molecule has 0 fully saturated rings. The maximum Gasteiger partial charge on any atom is 0.0992 e. The number of nitrogens with zero attached hydrogens (tertiary/aromatic N) is 1. The zero-order chi connectivity index (χ0) is 12.8. The fraction of sp³-hybridized carbons (Fsp3) is 0. The lowest BCUT2D eigenvalue weighted by Crippen LogP contribution is -1.73. The standard InChI is InChI=1S/C17H10N2.ClH/c18-10-11-5-6-14-15-8-12-3-1-2-4-13(12)9-17(15)19-16(14)7-11;/h1-9,19H;1H. The van der Waals surface area contributed by atoms with Crippen molar-refractivity contribution in [3.63, 3.8) is 0 Å². The molecule has 96 valence electrons. The van der Waals surface area contributed by atoms with E-state index in [0.29, 0.717) is 5.56 Å². The molecule has 0 aliphatic heterocycles. The van der Waals surface area contributed by atoms with Gasteiger partial charge in [-0.25, -0.2) is 0 Å². The van der Waals surface area contributed by atoms with Crippen molar-refractivity contribution < 1.29 is 0 Å². The smallest absolute Gasteiger partial charge is 0.0992 e. The maximum atomic E-state index is 8.96. The average molecular weight is 279 g/mol. The second-order valence-corrected chi connectivity index (χ2v) is 4.74. The number of hydrogen-bond donors (Lipinski definition) is 1. The van der Waals surface area contributed by atoms with Crippen LogP contribution < -0.4 is 0 Å². The summed E-state index contributed by atoms with van der Waals surface area (Å²) in [6.45, 7) is 0. The molecular weight excluding hydrogens is 268 g/mol. The summed E-state index contributed by atoms with van der Waals surface area (Å²) < 4.78 is 0. The Morgan fingerprint density at radius 1 is 0.800 bits per heavy atom. The molecule has 4 rings (SSSR count). The molecule has 0 aliphatic rings. The number of aromatic amines is 1. The largest absolute Gasteiger partial charge is 0.354 e. The summed E-state index contributed by atoms with van der Waals surface area (Å²) >= 11 is 0. The Bertz CT molecular complexity index is 977. The molecule has 3 aromatic carbocycles. The van der Waals surface area contributed by atoms with Gasteiger partial charge in [0.25, 0.3) is 0 Å². The summed E-state index contributed by atoms with van der Waals surface area (Å²) in [5.41, 5.74) is 2.82. The molecule has 1 heterocycles. The summed E-state index contributed by atoms with van der Waals surface area (Å²) in [4.78, 5) is 3.39. The van der Waals surface area contributed by atoms with Gasteiger partial charge >= 0.3 is 0 Å². The molecule has 0 unspecified atom stereocenters. The fourth-order valence-corrected chi connectivity index (χ4v) is 2.66. The van der Waals surface area contributed by atoms with Crippen LogP contribution >= 0.6 is 12.4 Å². The summed E-state index contributed by atoms with van der Waals surface area (Å²) in [6.07, 6.45) is 0. The predicted molar refractivity (Wildman–Crippen MR) is 85.3 cm³/mol. The second kappa shape index (κ2) is 4.56. The number of hydrogen-bond acceptors (Lipinski definition) is 1. The number of nitrogens with one attached hydrogen (secondary N) is 1. The van der Waals surface area contributed by atoms with Crippen LogP contribution in [-0.2, 0) is 0 Å². The van der Waals surface area contributed by atoms with Gasteiger partial charge < -0.3 is 4.98 Å². The third-order valence-electron chi connectivity index (χ3n) is 3.59. The van der Waals surface area contributed by atoms with E-state index in [-0.39, 0.29) is 12.4 Å². The van der Waals surface area contributed by atoms with Gasteiger partial charge in [-0.3, -0.25) is 0 Å². The first-order chi connectivity index (χ1) is 9.35. The van der Waals surface area contributed by atoms with E-state index in [0.717, 1.165) is 11.0 Å². The van der Waals surface area contributed by atoms with Crippen LogP contribution in [0.5, 0.6) is 0 Å². The number of rotatable bonds is 0. The summed E-state index contributed by atoms with van der Waals surface area (Å²) in [5.74, 6) is 0. The third kappa shape index (κ3) is 1.72. The first-order valence-corrected chi connectivity index (χ1v) is 6.19. The highest BCUT2D eigenvalue weighted by molar-refractivity contribution is 6.12. The summed E-state index contributed by atoms with van der Waals surface area (Å²) in [6, 6.07) is 20.7. The molecular formula is C17H11ClN2. The van der Waals surface area contributed by atoms with E-state index in [4.69, 9.17) is 5.26 Å². The van der Waals surface area contributed by atoms with Crippen molar-refractivity contribution in [1.29, 1.82) is 5.26 Å². The highest BCUT2D eigenvalue weighted by Gasteiger charge is 2.06. The lowest BCUT2D eigenvalue weighted by Gasteiger charge is -1.97. The molecule has 20 heavy (non-hydrogen) atoms. The molecule has 0 atom stereocenters. The highest BCUT2D eigenvalue weighted by Crippen LogP contribution is 2.29. The predicted octanol–water partition coefficient (Wildman–Crippen LogP) is 4.77. The Hall–Kier alpha value is -2.50. The van der Waals surface area contributed by atoms with Crippen LogP contribution in [0.4, 0.5) is 0 Å². The Labute approximate surface area is 122 Å². The van der Waals surface area contributed by atoms with Crippen LogP contribution in [0.2, 0.25) is 0 Å². The van der Waals surface area contributed by atoms with Crippen LogP contribution in [0.15, 0.2) is 54.6 Å². The summed E-state index contributed by atoms with van der Waals surface area (Å²) in [7, 11) is 0. The molecule has 0 amide bonds. The molecule has 0 bridgehead atoms. The van der Waals surface area contributed by atoms with Gasteiger partial charge in [0.2, 0.25) is 0 Å². The van der Waals surface area contributed by atoms with Crippen LogP contribution in [0.3, 0.4) is 0 Å². The van der Waals surface area contributed by atoms with Crippen LogP contribution in [0.1, 0.15) is 5.56 Å². The Kier molecular flexibility index (Phi) is 2.85. The van der Waals surface area contributed by atoms with E-state index in [2.05, 4.69) is 41.4 Å². The number of aromatic nitrogens is 1. The van der Waals surface area contributed by atoms with Gasteiger partial charge in [0.05, 0.1) is 11.6 Å². The van der Waals surface area contributed by atoms with Gasteiger partial charge in [0.1, 0.15) is 0 Å². The van der Waals surface area contributed by atoms with E-state index >= 15 is 0 Å². The zero-order valence-electron chi connectivity index (χ0n) is 10.6. The van der Waals surface area contributed by atoms with E-state index in [9.17, 15) is 0 Å². The van der Waals surface area contributed by atoms with Crippen molar-refractivity contribution in [3.8, 4) is 6.07 Å². The Morgan fingerprint density at radius 3 is 2.25 bits per heavy atom. The minimum absolute atomic E-state index is 0. The zero-order valence-corrected chi connectivity index (χ0v) is 11.4. The maximum absolute atomic E-state index is 8.96. The number of H-pyrrole nitrogens is 1. The van der Waals surface area contributed by atoms with Crippen LogP contribution in [0, 0.1) is 11.3 Å². The van der Waals surface area contributed by atoms with Gasteiger partial charge in [-0.1, -0.05) is 30.3 Å². The SMILES string of the molecule is Cl.N#Cc1ccc2c(c1)[nH]c1cc3ccccc3cc12.